The van der Waals surface area contributed by atoms with Gasteiger partial charge in [0.25, 0.3) is 5.91 Å². The summed E-state index contributed by atoms with van der Waals surface area (Å²) in [7, 11) is 1.91. The highest BCUT2D eigenvalue weighted by molar-refractivity contribution is 6.03. The van der Waals surface area contributed by atoms with Gasteiger partial charge in [-0.15, -0.1) is 0 Å². The van der Waals surface area contributed by atoms with E-state index in [-0.39, 0.29) is 11.6 Å². The summed E-state index contributed by atoms with van der Waals surface area (Å²) in [5, 5.41) is 2.95. The van der Waals surface area contributed by atoms with Gasteiger partial charge in [0.05, 0.1) is 12.4 Å². The van der Waals surface area contributed by atoms with E-state index in [9.17, 15) is 4.79 Å². The van der Waals surface area contributed by atoms with Gasteiger partial charge in [-0.25, -0.2) is 9.97 Å². The van der Waals surface area contributed by atoms with E-state index in [1.54, 1.807) is 6.20 Å². The number of nitrogens with zero attached hydrogens (tertiary/aromatic N) is 3. The highest BCUT2D eigenvalue weighted by Gasteiger charge is 2.13. The lowest BCUT2D eigenvalue weighted by atomic mass is 10.1. The highest BCUT2D eigenvalue weighted by Crippen LogP contribution is 2.23. The smallest absolute Gasteiger partial charge is 0.275 e. The number of amides is 1. The summed E-state index contributed by atoms with van der Waals surface area (Å²) in [5.74, 6) is 0.414. The first-order valence-electron chi connectivity index (χ1n) is 8.45. The molecule has 0 spiro atoms. The molecule has 0 bridgehead atoms. The Hall–Kier alpha value is -3.21. The minimum absolute atomic E-state index is 0.263. The normalized spacial score (nSPS) is 10.5. The molecule has 26 heavy (non-hydrogen) atoms. The van der Waals surface area contributed by atoms with E-state index in [2.05, 4.69) is 15.3 Å². The average Bonchev–Trinajstić information content (AvgIpc) is 2.64. The van der Waals surface area contributed by atoms with E-state index in [1.807, 2.05) is 75.2 Å². The van der Waals surface area contributed by atoms with Crippen molar-refractivity contribution < 1.29 is 4.79 Å². The van der Waals surface area contributed by atoms with Gasteiger partial charge in [-0.1, -0.05) is 35.9 Å². The maximum absolute atomic E-state index is 12.5. The Morgan fingerprint density at radius 3 is 2.19 bits per heavy atom. The third-order valence-electron chi connectivity index (χ3n) is 4.27. The van der Waals surface area contributed by atoms with Crippen molar-refractivity contribution in [1.82, 2.24) is 9.97 Å². The molecule has 0 radical (unpaired) electrons. The number of carbonyl (C=O) groups is 1. The van der Waals surface area contributed by atoms with Crippen molar-refractivity contribution in [3.8, 4) is 0 Å². The van der Waals surface area contributed by atoms with Gasteiger partial charge in [0.1, 0.15) is 5.69 Å². The summed E-state index contributed by atoms with van der Waals surface area (Å²) in [6, 6.07) is 14.0. The van der Waals surface area contributed by atoms with Crippen LogP contribution in [0.25, 0.3) is 0 Å². The van der Waals surface area contributed by atoms with E-state index >= 15 is 0 Å². The van der Waals surface area contributed by atoms with Gasteiger partial charge >= 0.3 is 0 Å². The molecule has 1 heterocycles. The van der Waals surface area contributed by atoms with Crippen LogP contribution in [0, 0.1) is 20.8 Å². The van der Waals surface area contributed by atoms with Crippen molar-refractivity contribution in [2.24, 2.45) is 0 Å². The molecule has 5 nitrogen and oxygen atoms in total. The van der Waals surface area contributed by atoms with Crippen molar-refractivity contribution in [2.45, 2.75) is 20.8 Å². The Bertz CT molecular complexity index is 897. The number of carbonyl (C=O) groups excluding carboxylic acids is 1. The van der Waals surface area contributed by atoms with Gasteiger partial charge in [-0.2, -0.15) is 0 Å². The van der Waals surface area contributed by atoms with Crippen molar-refractivity contribution in [1.29, 1.82) is 0 Å². The highest BCUT2D eigenvalue weighted by atomic mass is 16.1. The summed E-state index contributed by atoms with van der Waals surface area (Å²) in [4.78, 5) is 23.1. The van der Waals surface area contributed by atoms with Crippen LogP contribution in [0.3, 0.4) is 0 Å². The second-order valence-electron chi connectivity index (χ2n) is 6.38. The molecule has 0 aliphatic rings. The van der Waals surface area contributed by atoms with E-state index < -0.39 is 0 Å². The number of rotatable bonds is 4. The van der Waals surface area contributed by atoms with E-state index in [0.717, 1.165) is 22.5 Å². The lowest BCUT2D eigenvalue weighted by Gasteiger charge is -2.18. The standard InChI is InChI=1S/C21H22N4O/c1-14-10-15(2)20(16(3)11-14)24-21(26)18-12-23-19(13-22-18)25(4)17-8-6-5-7-9-17/h5-13H,1-4H3,(H,24,26). The molecular weight excluding hydrogens is 324 g/mol. The summed E-state index contributed by atoms with van der Waals surface area (Å²) in [6.07, 6.45) is 3.11. The maximum Gasteiger partial charge on any atom is 0.275 e. The molecule has 0 aliphatic heterocycles. The topological polar surface area (TPSA) is 58.1 Å². The van der Waals surface area contributed by atoms with Gasteiger partial charge in [-0.3, -0.25) is 4.79 Å². The minimum Gasteiger partial charge on any atom is -0.328 e. The Morgan fingerprint density at radius 1 is 0.962 bits per heavy atom. The van der Waals surface area contributed by atoms with Crippen LogP contribution in [-0.2, 0) is 0 Å². The van der Waals surface area contributed by atoms with Crippen LogP contribution in [0.2, 0.25) is 0 Å². The number of benzene rings is 2. The number of hydrogen-bond donors (Lipinski definition) is 1. The lowest BCUT2D eigenvalue weighted by Crippen LogP contribution is -2.17. The number of aryl methyl sites for hydroxylation is 3. The van der Waals surface area contributed by atoms with Gasteiger partial charge in [0.15, 0.2) is 5.82 Å². The van der Waals surface area contributed by atoms with Crippen LogP contribution in [0.5, 0.6) is 0 Å². The Balaban J connectivity index is 1.77. The third-order valence-corrected chi connectivity index (χ3v) is 4.27. The lowest BCUT2D eigenvalue weighted by molar-refractivity contribution is 0.102. The number of aromatic nitrogens is 2. The summed E-state index contributed by atoms with van der Waals surface area (Å²) < 4.78 is 0. The number of anilines is 3. The molecule has 1 N–H and O–H groups in total. The molecule has 0 unspecified atom stereocenters. The van der Waals surface area contributed by atoms with Crippen LogP contribution in [0.15, 0.2) is 54.9 Å². The van der Waals surface area contributed by atoms with Crippen molar-refractivity contribution in [2.75, 3.05) is 17.3 Å². The molecule has 1 amide bonds. The number of hydrogen-bond acceptors (Lipinski definition) is 4. The van der Waals surface area contributed by atoms with E-state index in [0.29, 0.717) is 5.82 Å². The molecule has 0 atom stereocenters. The molecule has 0 saturated heterocycles. The van der Waals surface area contributed by atoms with Gasteiger partial charge in [0.2, 0.25) is 0 Å². The number of nitrogens with one attached hydrogen (secondary N) is 1. The first-order chi connectivity index (χ1) is 12.5. The van der Waals surface area contributed by atoms with Crippen molar-refractivity contribution in [3.05, 3.63) is 77.2 Å². The fourth-order valence-electron chi connectivity index (χ4n) is 2.95. The molecule has 5 heteroatoms. The predicted octanol–water partition coefficient (Wildman–Crippen LogP) is 4.42. The van der Waals surface area contributed by atoms with E-state index in [1.165, 1.54) is 11.8 Å². The monoisotopic (exact) mass is 346 g/mol. The van der Waals surface area contributed by atoms with Gasteiger partial charge < -0.3 is 10.2 Å². The molecule has 0 aliphatic carbocycles. The fourth-order valence-corrected chi connectivity index (χ4v) is 2.95. The van der Waals surface area contributed by atoms with E-state index in [4.69, 9.17) is 0 Å². The molecule has 0 fully saturated rings. The zero-order chi connectivity index (χ0) is 18.7. The Morgan fingerprint density at radius 2 is 1.62 bits per heavy atom. The molecule has 3 rings (SSSR count). The SMILES string of the molecule is Cc1cc(C)c(NC(=O)c2cnc(N(C)c3ccccc3)cn2)c(C)c1. The van der Waals surface area contributed by atoms with Crippen molar-refractivity contribution in [3.63, 3.8) is 0 Å². The fraction of sp³-hybridized carbons (Fsp3) is 0.190. The second kappa shape index (κ2) is 7.35. The first-order valence-corrected chi connectivity index (χ1v) is 8.45. The maximum atomic E-state index is 12.5. The molecule has 3 aromatic rings. The van der Waals surface area contributed by atoms with Crippen LogP contribution < -0.4 is 10.2 Å². The largest absolute Gasteiger partial charge is 0.328 e. The summed E-state index contributed by atoms with van der Waals surface area (Å²) in [6.45, 7) is 6.01. The zero-order valence-electron chi connectivity index (χ0n) is 15.4. The Labute approximate surface area is 153 Å². The summed E-state index contributed by atoms with van der Waals surface area (Å²) in [5.41, 5.74) is 5.35. The quantitative estimate of drug-likeness (QED) is 0.759. The second-order valence-corrected chi connectivity index (χ2v) is 6.38. The first kappa shape index (κ1) is 17.6. The Kier molecular flexibility index (Phi) is 4.98. The predicted molar refractivity (Wildman–Crippen MR) is 105 cm³/mol. The van der Waals surface area contributed by atoms with Gasteiger partial charge in [0, 0.05) is 18.4 Å². The minimum atomic E-state index is -0.263. The zero-order valence-corrected chi connectivity index (χ0v) is 15.4. The van der Waals surface area contributed by atoms with Crippen LogP contribution >= 0.6 is 0 Å². The van der Waals surface area contributed by atoms with Crippen LogP contribution in [0.1, 0.15) is 27.2 Å². The molecular formula is C21H22N4O. The average molecular weight is 346 g/mol. The van der Waals surface area contributed by atoms with Gasteiger partial charge in [-0.05, 0) is 44.0 Å². The number of para-hydroxylation sites is 1. The van der Waals surface area contributed by atoms with Crippen molar-refractivity contribution >= 4 is 23.1 Å². The third kappa shape index (κ3) is 3.72. The molecule has 0 saturated carbocycles. The molecule has 132 valence electrons. The molecule has 1 aromatic heterocycles. The summed E-state index contributed by atoms with van der Waals surface area (Å²) >= 11 is 0. The van der Waals surface area contributed by atoms with Crippen LogP contribution in [-0.4, -0.2) is 22.9 Å². The molecule has 2 aromatic carbocycles. The van der Waals surface area contributed by atoms with Crippen LogP contribution in [0.4, 0.5) is 17.2 Å².